The molecule has 1 rings (SSSR count). The first-order chi connectivity index (χ1) is 6.95. The standard InChI is InChI=1S/C7H5ClF5NS2/c8-7(14-16(9,10,11,12)13)15-6-4-2-1-3-5-6/h1-5H/b14-7+. The van der Waals surface area contributed by atoms with Gasteiger partial charge in [0.15, 0.2) is 4.50 Å². The summed E-state index contributed by atoms with van der Waals surface area (Å²) in [5.41, 5.74) is 0. The molecule has 16 heavy (non-hydrogen) atoms. The number of hydrogen-bond donors (Lipinski definition) is 0. The summed E-state index contributed by atoms with van der Waals surface area (Å²) in [5, 5.41) is 0. The van der Waals surface area contributed by atoms with E-state index in [1.54, 1.807) is 6.07 Å². The van der Waals surface area contributed by atoms with Crippen LogP contribution >= 0.6 is 33.8 Å². The Morgan fingerprint density at radius 3 is 2.00 bits per heavy atom. The molecule has 1 aromatic carbocycles. The first-order valence-electron chi connectivity index (χ1n) is 3.69. The minimum absolute atomic E-state index is 0.290. The van der Waals surface area contributed by atoms with Gasteiger partial charge in [0, 0.05) is 4.90 Å². The van der Waals surface area contributed by atoms with E-state index in [0.29, 0.717) is 11.8 Å². The molecule has 0 radical (unpaired) electrons. The molecule has 0 fully saturated rings. The Labute approximate surface area is 97.6 Å². The van der Waals surface area contributed by atoms with Crippen LogP contribution < -0.4 is 0 Å². The molecule has 0 heterocycles. The summed E-state index contributed by atoms with van der Waals surface area (Å²) in [6.07, 6.45) is 0. The van der Waals surface area contributed by atoms with Crippen molar-refractivity contribution in [1.29, 1.82) is 0 Å². The summed E-state index contributed by atoms with van der Waals surface area (Å²) in [4.78, 5) is 0.290. The Kier molecular flexibility index (Phi) is 2.98. The van der Waals surface area contributed by atoms with E-state index in [4.69, 9.17) is 11.6 Å². The highest BCUT2D eigenvalue weighted by Crippen LogP contribution is 2.99. The SMILES string of the molecule is FS(F)(F)(F)(F)/N=C(\Cl)Sc1ccccc1. The summed E-state index contributed by atoms with van der Waals surface area (Å²) in [7, 11) is -9.83. The molecule has 92 valence electrons. The fourth-order valence-electron chi connectivity index (χ4n) is 0.740. The van der Waals surface area contributed by atoms with Gasteiger partial charge in [-0.2, -0.15) is 0 Å². The minimum atomic E-state index is -9.83. The molecule has 0 amide bonds. The van der Waals surface area contributed by atoms with Crippen LogP contribution in [0.3, 0.4) is 0 Å². The molecule has 0 spiro atoms. The van der Waals surface area contributed by atoms with Crippen LogP contribution in [-0.2, 0) is 0 Å². The Balaban J connectivity index is 2.91. The van der Waals surface area contributed by atoms with Crippen LogP contribution in [0.25, 0.3) is 0 Å². The monoisotopic (exact) mass is 297 g/mol. The number of benzene rings is 1. The highest BCUT2D eigenvalue weighted by molar-refractivity contribution is 8.45. The van der Waals surface area contributed by atoms with Crippen LogP contribution in [0.1, 0.15) is 0 Å². The molecule has 0 aliphatic heterocycles. The maximum absolute atomic E-state index is 11.9. The molecule has 9 heteroatoms. The molecule has 1 aromatic rings. The Morgan fingerprint density at radius 1 is 1.06 bits per heavy atom. The lowest BCUT2D eigenvalue weighted by Crippen LogP contribution is -2.02. The molecular formula is C7H5ClF5NS2. The molecule has 0 saturated carbocycles. The summed E-state index contributed by atoms with van der Waals surface area (Å²) in [5.74, 6) is 0. The molecule has 0 atom stereocenters. The highest BCUT2D eigenvalue weighted by Gasteiger charge is 2.64. The molecule has 0 aliphatic rings. The Bertz CT molecular complexity index is 415. The van der Waals surface area contributed by atoms with Crippen LogP contribution in [-0.4, -0.2) is 4.50 Å². The van der Waals surface area contributed by atoms with Crippen LogP contribution in [0.5, 0.6) is 0 Å². The summed E-state index contributed by atoms with van der Waals surface area (Å²) in [6.45, 7) is 0. The van der Waals surface area contributed by atoms with Crippen molar-refractivity contribution in [1.82, 2.24) is 0 Å². The van der Waals surface area contributed by atoms with Crippen LogP contribution in [0.15, 0.2) is 39.6 Å². The molecule has 0 N–H and O–H groups in total. The lowest BCUT2D eigenvalue weighted by molar-refractivity contribution is 0.367. The third-order valence-electron chi connectivity index (χ3n) is 1.19. The molecule has 0 unspecified atom stereocenters. The predicted molar refractivity (Wildman–Crippen MR) is 58.7 cm³/mol. The van der Waals surface area contributed by atoms with Crippen LogP contribution in [0, 0.1) is 0 Å². The minimum Gasteiger partial charge on any atom is -0.109 e. The third-order valence-corrected chi connectivity index (χ3v) is 3.02. The number of rotatable bonds is 2. The third kappa shape index (κ3) is 6.19. The van der Waals surface area contributed by atoms with Crippen molar-refractivity contribution in [3.05, 3.63) is 30.3 Å². The van der Waals surface area contributed by atoms with Crippen molar-refractivity contribution in [2.24, 2.45) is 4.40 Å². The molecule has 0 aliphatic carbocycles. The van der Waals surface area contributed by atoms with Gasteiger partial charge in [-0.05, 0) is 12.1 Å². The van der Waals surface area contributed by atoms with Gasteiger partial charge in [0.25, 0.3) is 0 Å². The van der Waals surface area contributed by atoms with Gasteiger partial charge in [-0.1, -0.05) is 61.0 Å². The van der Waals surface area contributed by atoms with Crippen molar-refractivity contribution in [3.63, 3.8) is 0 Å². The van der Waals surface area contributed by atoms with Crippen LogP contribution in [0.2, 0.25) is 0 Å². The fourth-order valence-corrected chi connectivity index (χ4v) is 2.73. The van der Waals surface area contributed by atoms with E-state index in [1.807, 2.05) is 0 Å². The first kappa shape index (κ1) is 13.6. The van der Waals surface area contributed by atoms with Crippen molar-refractivity contribution < 1.29 is 19.4 Å². The van der Waals surface area contributed by atoms with E-state index < -0.39 is 14.9 Å². The zero-order chi connectivity index (χ0) is 12.5. The Hall–Kier alpha value is -0.470. The van der Waals surface area contributed by atoms with Gasteiger partial charge in [-0.25, -0.2) is 0 Å². The van der Waals surface area contributed by atoms with Crippen molar-refractivity contribution >= 4 is 38.3 Å². The largest absolute Gasteiger partial charge is 0.383 e. The van der Waals surface area contributed by atoms with Gasteiger partial charge in [0.2, 0.25) is 0 Å². The zero-order valence-electron chi connectivity index (χ0n) is 7.42. The smallest absolute Gasteiger partial charge is 0.109 e. The topological polar surface area (TPSA) is 12.4 Å². The summed E-state index contributed by atoms with van der Waals surface area (Å²) < 4.78 is 59.6. The second-order valence-electron chi connectivity index (χ2n) is 2.69. The second kappa shape index (κ2) is 3.51. The highest BCUT2D eigenvalue weighted by atomic mass is 35.5. The predicted octanol–water partition coefficient (Wildman–Crippen LogP) is 5.59. The quantitative estimate of drug-likeness (QED) is 0.300. The normalized spacial score (nSPS) is 17.8. The average molecular weight is 298 g/mol. The van der Waals surface area contributed by atoms with Gasteiger partial charge in [0.1, 0.15) is 0 Å². The molecule has 0 bridgehead atoms. The van der Waals surface area contributed by atoms with Crippen molar-refractivity contribution in [2.75, 3.05) is 0 Å². The van der Waals surface area contributed by atoms with Crippen LogP contribution in [0.4, 0.5) is 19.4 Å². The van der Waals surface area contributed by atoms with Crippen molar-refractivity contribution in [3.8, 4) is 0 Å². The first-order valence-corrected chi connectivity index (χ1v) is 6.79. The number of halogens is 6. The van der Waals surface area contributed by atoms with E-state index in [0.717, 1.165) is 0 Å². The molecule has 0 saturated heterocycles. The Morgan fingerprint density at radius 2 is 1.56 bits per heavy atom. The number of nitrogens with zero attached hydrogens (tertiary/aromatic N) is 1. The van der Waals surface area contributed by atoms with Gasteiger partial charge >= 0.3 is 10.4 Å². The average Bonchev–Trinajstić information content (AvgIpc) is 1.98. The second-order valence-corrected chi connectivity index (χ2v) is 6.37. The van der Waals surface area contributed by atoms with E-state index >= 15 is 0 Å². The molecule has 0 aromatic heterocycles. The van der Waals surface area contributed by atoms with E-state index in [2.05, 4.69) is 0 Å². The lowest BCUT2D eigenvalue weighted by atomic mass is 10.4. The van der Waals surface area contributed by atoms with Gasteiger partial charge in [-0.15, -0.1) is 4.40 Å². The fraction of sp³-hybridized carbons (Fsp3) is 0. The van der Waals surface area contributed by atoms with Gasteiger partial charge in [-0.3, -0.25) is 0 Å². The zero-order valence-corrected chi connectivity index (χ0v) is 9.81. The van der Waals surface area contributed by atoms with E-state index in [1.165, 1.54) is 28.7 Å². The maximum Gasteiger partial charge on any atom is 0.383 e. The molecule has 1 nitrogen and oxygen atoms in total. The van der Waals surface area contributed by atoms with Gasteiger partial charge < -0.3 is 0 Å². The van der Waals surface area contributed by atoms with E-state index in [-0.39, 0.29) is 4.90 Å². The lowest BCUT2D eigenvalue weighted by Gasteiger charge is -2.34. The van der Waals surface area contributed by atoms with Crippen molar-refractivity contribution in [2.45, 2.75) is 4.90 Å². The number of thioether (sulfide) groups is 1. The van der Waals surface area contributed by atoms with Gasteiger partial charge in [0.05, 0.1) is 0 Å². The van der Waals surface area contributed by atoms with E-state index in [9.17, 15) is 19.4 Å². The number of hydrogen-bond acceptors (Lipinski definition) is 2. The molecular weight excluding hydrogens is 293 g/mol. The summed E-state index contributed by atoms with van der Waals surface area (Å²) in [6, 6.07) is 7.54. The summed E-state index contributed by atoms with van der Waals surface area (Å²) >= 11 is 5.33. The maximum atomic E-state index is 11.9.